The minimum Gasteiger partial charge on any atom is -0.497 e. The van der Waals surface area contributed by atoms with Crippen LogP contribution in [0.15, 0.2) is 59.4 Å². The molecule has 8 nitrogen and oxygen atoms in total. The van der Waals surface area contributed by atoms with Gasteiger partial charge >= 0.3 is 0 Å². The third kappa shape index (κ3) is 4.56. The first-order valence-corrected chi connectivity index (χ1v) is 10.4. The van der Waals surface area contributed by atoms with Crippen molar-refractivity contribution >= 4 is 22.2 Å². The molecule has 4 rings (SSSR count). The van der Waals surface area contributed by atoms with E-state index in [9.17, 15) is 9.59 Å². The number of aromatic nitrogens is 3. The maximum atomic E-state index is 12.5. The first kappa shape index (κ1) is 20.5. The van der Waals surface area contributed by atoms with E-state index in [1.165, 1.54) is 21.9 Å². The van der Waals surface area contributed by atoms with E-state index in [2.05, 4.69) is 15.4 Å². The fraction of sp³-hybridized carbons (Fsp3) is 0.182. The van der Waals surface area contributed by atoms with Gasteiger partial charge in [-0.2, -0.15) is 9.61 Å². The Labute approximate surface area is 182 Å². The fourth-order valence-corrected chi connectivity index (χ4v) is 3.87. The van der Waals surface area contributed by atoms with Crippen LogP contribution in [0.1, 0.15) is 23.0 Å². The lowest BCUT2D eigenvalue weighted by Crippen LogP contribution is -2.25. The zero-order chi connectivity index (χ0) is 21.8. The number of carbonyl (C=O) groups excluding carboxylic acids is 1. The number of rotatable bonds is 7. The number of benzene rings is 2. The molecule has 4 aromatic rings. The molecule has 1 amide bonds. The van der Waals surface area contributed by atoms with Gasteiger partial charge in [0.05, 0.1) is 26.0 Å². The summed E-state index contributed by atoms with van der Waals surface area (Å²) >= 11 is 1.30. The molecule has 0 bridgehead atoms. The zero-order valence-corrected chi connectivity index (χ0v) is 17.8. The van der Waals surface area contributed by atoms with Gasteiger partial charge in [0.2, 0.25) is 4.96 Å². The molecule has 0 spiro atoms. The van der Waals surface area contributed by atoms with Crippen LogP contribution in [0.4, 0.5) is 0 Å². The van der Waals surface area contributed by atoms with E-state index in [0.717, 1.165) is 11.3 Å². The van der Waals surface area contributed by atoms with Crippen molar-refractivity contribution in [3.05, 3.63) is 76.2 Å². The summed E-state index contributed by atoms with van der Waals surface area (Å²) in [6, 6.07) is 15.7. The van der Waals surface area contributed by atoms with E-state index in [0.29, 0.717) is 33.6 Å². The van der Waals surface area contributed by atoms with Crippen LogP contribution in [-0.2, 0) is 6.54 Å². The minimum atomic E-state index is -0.300. The predicted molar refractivity (Wildman–Crippen MR) is 118 cm³/mol. The largest absolute Gasteiger partial charge is 0.497 e. The van der Waals surface area contributed by atoms with Gasteiger partial charge in [-0.05, 0) is 55.5 Å². The molecule has 158 valence electrons. The fourth-order valence-electron chi connectivity index (χ4n) is 2.94. The van der Waals surface area contributed by atoms with E-state index >= 15 is 0 Å². The summed E-state index contributed by atoms with van der Waals surface area (Å²) in [6.07, 6.45) is 0. The summed E-state index contributed by atoms with van der Waals surface area (Å²) < 4.78 is 11.8. The molecule has 2 aromatic heterocycles. The summed E-state index contributed by atoms with van der Waals surface area (Å²) in [5, 5.41) is 7.82. The van der Waals surface area contributed by atoms with Crippen molar-refractivity contribution in [1.29, 1.82) is 0 Å². The third-order valence-electron chi connectivity index (χ3n) is 4.49. The Morgan fingerprint density at radius 2 is 1.81 bits per heavy atom. The molecule has 9 heteroatoms. The van der Waals surface area contributed by atoms with Crippen LogP contribution in [0.2, 0.25) is 0 Å². The Balaban J connectivity index is 1.50. The van der Waals surface area contributed by atoms with E-state index in [4.69, 9.17) is 9.47 Å². The summed E-state index contributed by atoms with van der Waals surface area (Å²) in [5.41, 5.74) is 1.53. The molecular weight excluding hydrogens is 416 g/mol. The average Bonchev–Trinajstić information content (AvgIpc) is 3.23. The molecular formula is C22H20N4O4S. The van der Waals surface area contributed by atoms with Gasteiger partial charge in [-0.3, -0.25) is 9.59 Å². The molecule has 0 radical (unpaired) electrons. The van der Waals surface area contributed by atoms with Gasteiger partial charge in [0.1, 0.15) is 16.5 Å². The quantitative estimate of drug-likeness (QED) is 0.478. The molecule has 0 aliphatic rings. The Hall–Kier alpha value is -3.72. The Bertz CT molecular complexity index is 1260. The Kier molecular flexibility index (Phi) is 5.94. The van der Waals surface area contributed by atoms with E-state index in [-0.39, 0.29) is 18.0 Å². The Morgan fingerprint density at radius 1 is 1.10 bits per heavy atom. The molecule has 2 aromatic carbocycles. The monoisotopic (exact) mass is 436 g/mol. The first-order chi connectivity index (χ1) is 15.1. The maximum absolute atomic E-state index is 12.5. The highest BCUT2D eigenvalue weighted by atomic mass is 32.1. The lowest BCUT2D eigenvalue weighted by Gasteiger charge is -2.06. The van der Waals surface area contributed by atoms with Crippen molar-refractivity contribution in [2.75, 3.05) is 13.7 Å². The lowest BCUT2D eigenvalue weighted by molar-refractivity contribution is 0.0950. The second-order valence-corrected chi connectivity index (χ2v) is 7.51. The molecule has 0 saturated heterocycles. The normalized spacial score (nSPS) is 10.8. The Morgan fingerprint density at radius 3 is 2.48 bits per heavy atom. The number of nitrogens with one attached hydrogen (secondary N) is 1. The number of hydrogen-bond donors (Lipinski definition) is 1. The summed E-state index contributed by atoms with van der Waals surface area (Å²) in [7, 11) is 1.60. The van der Waals surface area contributed by atoms with Crippen molar-refractivity contribution in [3.63, 3.8) is 0 Å². The van der Waals surface area contributed by atoms with Crippen molar-refractivity contribution in [2.45, 2.75) is 13.5 Å². The van der Waals surface area contributed by atoms with Crippen LogP contribution in [-0.4, -0.2) is 34.2 Å². The number of carbonyl (C=O) groups is 1. The molecule has 0 atom stereocenters. The summed E-state index contributed by atoms with van der Waals surface area (Å²) in [5.74, 6) is 1.19. The molecule has 0 aliphatic heterocycles. The van der Waals surface area contributed by atoms with E-state index < -0.39 is 0 Å². The van der Waals surface area contributed by atoms with Crippen LogP contribution < -0.4 is 20.3 Å². The van der Waals surface area contributed by atoms with E-state index in [1.807, 2.05) is 31.2 Å². The van der Waals surface area contributed by atoms with Crippen LogP contribution in [0.3, 0.4) is 0 Å². The molecule has 0 saturated carbocycles. The van der Waals surface area contributed by atoms with Gasteiger partial charge in [0.15, 0.2) is 0 Å². The van der Waals surface area contributed by atoms with Crippen LogP contribution in [0.5, 0.6) is 11.5 Å². The average molecular weight is 436 g/mol. The van der Waals surface area contributed by atoms with Gasteiger partial charge in [-0.15, -0.1) is 0 Å². The molecule has 0 unspecified atom stereocenters. The predicted octanol–water partition coefficient (Wildman–Crippen LogP) is 3.16. The van der Waals surface area contributed by atoms with Gasteiger partial charge in [-0.25, -0.2) is 4.98 Å². The molecule has 31 heavy (non-hydrogen) atoms. The van der Waals surface area contributed by atoms with Gasteiger partial charge in [0, 0.05) is 17.2 Å². The van der Waals surface area contributed by atoms with Crippen molar-refractivity contribution in [3.8, 4) is 22.1 Å². The van der Waals surface area contributed by atoms with Crippen molar-refractivity contribution in [2.24, 2.45) is 0 Å². The standard InChI is InChI=1S/C22H20N4O4S/c1-3-30-18-10-4-14(5-11-18)20(28)23-13-16-12-19(27)26-22(24-16)31-21(25-26)15-6-8-17(29-2)9-7-15/h4-12H,3,13H2,1-2H3,(H,23,28). The highest BCUT2D eigenvalue weighted by molar-refractivity contribution is 7.19. The van der Waals surface area contributed by atoms with E-state index in [1.54, 1.807) is 31.4 Å². The minimum absolute atomic E-state index is 0.132. The van der Waals surface area contributed by atoms with Gasteiger partial charge in [0.25, 0.3) is 11.5 Å². The zero-order valence-electron chi connectivity index (χ0n) is 17.0. The molecule has 0 fully saturated rings. The number of nitrogens with zero attached hydrogens (tertiary/aromatic N) is 3. The molecule has 0 aliphatic carbocycles. The highest BCUT2D eigenvalue weighted by Gasteiger charge is 2.12. The van der Waals surface area contributed by atoms with Gasteiger partial charge in [-0.1, -0.05) is 11.3 Å². The maximum Gasteiger partial charge on any atom is 0.275 e. The number of ether oxygens (including phenoxy) is 2. The SMILES string of the molecule is CCOc1ccc(C(=O)NCc2cc(=O)n3nc(-c4ccc(OC)cc4)sc3n2)cc1. The number of methoxy groups -OCH3 is 1. The van der Waals surface area contributed by atoms with Gasteiger partial charge < -0.3 is 14.8 Å². The summed E-state index contributed by atoms with van der Waals surface area (Å²) in [4.78, 5) is 29.8. The van der Waals surface area contributed by atoms with Crippen molar-refractivity contribution in [1.82, 2.24) is 19.9 Å². The van der Waals surface area contributed by atoms with Crippen LogP contribution >= 0.6 is 11.3 Å². The smallest absolute Gasteiger partial charge is 0.275 e. The van der Waals surface area contributed by atoms with Crippen LogP contribution in [0.25, 0.3) is 15.5 Å². The molecule has 1 N–H and O–H groups in total. The second kappa shape index (κ2) is 8.97. The number of hydrogen-bond acceptors (Lipinski definition) is 7. The molecule has 2 heterocycles. The topological polar surface area (TPSA) is 94.8 Å². The van der Waals surface area contributed by atoms with Crippen molar-refractivity contribution < 1.29 is 14.3 Å². The third-order valence-corrected chi connectivity index (χ3v) is 5.45. The second-order valence-electron chi connectivity index (χ2n) is 6.56. The number of amides is 1. The van der Waals surface area contributed by atoms with Crippen LogP contribution in [0, 0.1) is 0 Å². The summed E-state index contributed by atoms with van der Waals surface area (Å²) in [6.45, 7) is 2.59. The highest BCUT2D eigenvalue weighted by Crippen LogP contribution is 2.26. The lowest BCUT2D eigenvalue weighted by atomic mass is 10.2. The first-order valence-electron chi connectivity index (χ1n) is 9.62. The number of fused-ring (bicyclic) bond motifs is 1.